The van der Waals surface area contributed by atoms with E-state index in [-0.39, 0.29) is 4.48 Å². The van der Waals surface area contributed by atoms with Gasteiger partial charge in [0.15, 0.2) is 0 Å². The predicted octanol–water partition coefficient (Wildman–Crippen LogP) is 1.90. The Bertz CT molecular complexity index is 431. The molecule has 0 fully saturated rings. The van der Waals surface area contributed by atoms with Crippen LogP contribution in [0.4, 0.5) is 11.6 Å². The van der Waals surface area contributed by atoms with E-state index in [1.807, 2.05) is 30.3 Å². The summed E-state index contributed by atoms with van der Waals surface area (Å²) >= 11 is 0. The molecule has 0 spiro atoms. The van der Waals surface area contributed by atoms with Gasteiger partial charge < -0.3 is 0 Å². The second-order valence-corrected chi connectivity index (χ2v) is 3.57. The minimum Gasteiger partial charge on any atom is -0.233 e. The van der Waals surface area contributed by atoms with E-state index >= 15 is 0 Å². The number of amides is 1. The molecular formula is C12H12N3O+. The van der Waals surface area contributed by atoms with Gasteiger partial charge in [0.25, 0.3) is 0 Å². The average molecular weight is 214 g/mol. The molecule has 4 nitrogen and oxygen atoms in total. The van der Waals surface area contributed by atoms with Crippen molar-refractivity contribution in [1.82, 2.24) is 14.5 Å². The molecule has 0 N–H and O–H groups in total. The Morgan fingerprint density at radius 2 is 1.69 bits per heavy atom. The van der Waals surface area contributed by atoms with Crippen molar-refractivity contribution in [3.8, 4) is 0 Å². The van der Waals surface area contributed by atoms with Crippen LogP contribution in [-0.4, -0.2) is 23.4 Å². The summed E-state index contributed by atoms with van der Waals surface area (Å²) in [4.78, 5) is 19.6. The van der Waals surface area contributed by atoms with Crippen LogP contribution in [0.5, 0.6) is 0 Å². The molecule has 0 saturated heterocycles. The lowest BCUT2D eigenvalue weighted by molar-refractivity contribution is -0.114. The highest BCUT2D eigenvalue weighted by atomic mass is 16.1. The first-order valence-corrected chi connectivity index (χ1v) is 4.93. The Morgan fingerprint density at radius 1 is 1.06 bits per heavy atom. The minimum absolute atomic E-state index is 0.0539. The summed E-state index contributed by atoms with van der Waals surface area (Å²) in [5, 5.41) is 0. The lowest BCUT2D eigenvalue weighted by atomic mass is 10.3. The van der Waals surface area contributed by atoms with Gasteiger partial charge in [-0.1, -0.05) is 18.2 Å². The molecule has 1 aromatic heterocycles. The van der Waals surface area contributed by atoms with Gasteiger partial charge >= 0.3 is 12.4 Å². The van der Waals surface area contributed by atoms with Crippen molar-refractivity contribution < 1.29 is 4.79 Å². The zero-order valence-electron chi connectivity index (χ0n) is 8.95. The number of hydrogen-bond donors (Lipinski definition) is 0. The van der Waals surface area contributed by atoms with E-state index in [4.69, 9.17) is 0 Å². The number of nitrogens with zero attached hydrogens (tertiary/aromatic N) is 3. The van der Waals surface area contributed by atoms with Crippen LogP contribution in [0.15, 0.2) is 48.8 Å². The molecule has 2 rings (SSSR count). The Hall–Kier alpha value is -2.07. The largest absolute Gasteiger partial charge is 0.341 e. The lowest BCUT2D eigenvalue weighted by Gasteiger charge is -2.22. The summed E-state index contributed by atoms with van der Waals surface area (Å²) in [6.45, 7) is 0. The summed E-state index contributed by atoms with van der Waals surface area (Å²) in [5.74, 6) is 0.462. The summed E-state index contributed by atoms with van der Waals surface area (Å²) in [7, 11) is 1.76. The predicted molar refractivity (Wildman–Crippen MR) is 61.9 cm³/mol. The standard InChI is InChI=1S/C12H12N3O/c1-15(10-16,11-6-3-2-4-7-11)12-13-8-5-9-14-12/h2-10H,1H3/q+1. The molecule has 0 aliphatic rings. The first-order chi connectivity index (χ1) is 7.77. The Labute approximate surface area is 93.8 Å². The fourth-order valence-corrected chi connectivity index (χ4v) is 1.49. The molecule has 2 aromatic rings. The van der Waals surface area contributed by atoms with Crippen molar-refractivity contribution >= 4 is 18.0 Å². The Kier molecular flexibility index (Phi) is 2.74. The van der Waals surface area contributed by atoms with E-state index in [0.29, 0.717) is 5.95 Å². The molecule has 0 aliphatic carbocycles. The fraction of sp³-hybridized carbons (Fsp3) is 0.0833. The van der Waals surface area contributed by atoms with Crippen molar-refractivity contribution in [1.29, 1.82) is 0 Å². The zero-order chi connectivity index (χ0) is 11.4. The summed E-state index contributed by atoms with van der Waals surface area (Å²) in [6.07, 6.45) is 4.08. The third-order valence-electron chi connectivity index (χ3n) is 2.47. The number of rotatable bonds is 3. The molecule has 1 aromatic carbocycles. The molecule has 1 unspecified atom stereocenters. The first kappa shape index (κ1) is 10.4. The average Bonchev–Trinajstić information content (AvgIpc) is 2.40. The lowest BCUT2D eigenvalue weighted by Crippen LogP contribution is -2.39. The molecular weight excluding hydrogens is 202 g/mol. The summed E-state index contributed by atoms with van der Waals surface area (Å²) < 4.78 is -0.0539. The maximum absolute atomic E-state index is 11.3. The van der Waals surface area contributed by atoms with Crippen molar-refractivity contribution in [2.24, 2.45) is 0 Å². The summed E-state index contributed by atoms with van der Waals surface area (Å²) in [5.41, 5.74) is 0.837. The van der Waals surface area contributed by atoms with Crippen LogP contribution in [0.25, 0.3) is 0 Å². The van der Waals surface area contributed by atoms with Crippen molar-refractivity contribution in [3.63, 3.8) is 0 Å². The maximum atomic E-state index is 11.3. The SMILES string of the molecule is C[N+](C=O)(c1ccccc1)c1ncccn1. The monoisotopic (exact) mass is 214 g/mol. The van der Waals surface area contributed by atoms with Crippen LogP contribution in [-0.2, 0) is 4.79 Å². The van der Waals surface area contributed by atoms with Gasteiger partial charge in [0.1, 0.15) is 5.69 Å². The molecule has 1 amide bonds. The second-order valence-electron chi connectivity index (χ2n) is 3.57. The van der Waals surface area contributed by atoms with Crippen molar-refractivity contribution in [2.45, 2.75) is 0 Å². The zero-order valence-corrected chi connectivity index (χ0v) is 8.95. The van der Waals surface area contributed by atoms with Gasteiger partial charge in [-0.15, -0.1) is 0 Å². The van der Waals surface area contributed by atoms with Crippen LogP contribution in [0.1, 0.15) is 0 Å². The van der Waals surface area contributed by atoms with Crippen LogP contribution >= 0.6 is 0 Å². The molecule has 1 heterocycles. The fourth-order valence-electron chi connectivity index (χ4n) is 1.49. The van der Waals surface area contributed by atoms with Crippen molar-refractivity contribution in [3.05, 3.63) is 48.8 Å². The highest BCUT2D eigenvalue weighted by molar-refractivity contribution is 5.76. The number of para-hydroxylation sites is 1. The number of benzene rings is 1. The van der Waals surface area contributed by atoms with E-state index in [9.17, 15) is 4.79 Å². The van der Waals surface area contributed by atoms with Gasteiger partial charge in [-0.25, -0.2) is 4.79 Å². The number of carbonyl (C=O) groups is 1. The van der Waals surface area contributed by atoms with Gasteiger partial charge in [-0.3, -0.25) is 0 Å². The number of quaternary nitrogens is 1. The Morgan fingerprint density at radius 3 is 2.25 bits per heavy atom. The van der Waals surface area contributed by atoms with E-state index in [1.54, 1.807) is 25.5 Å². The van der Waals surface area contributed by atoms with E-state index < -0.39 is 0 Å². The summed E-state index contributed by atoms with van der Waals surface area (Å²) in [6, 6.07) is 11.2. The van der Waals surface area contributed by atoms with Gasteiger partial charge in [0.2, 0.25) is 0 Å². The molecule has 80 valence electrons. The first-order valence-electron chi connectivity index (χ1n) is 4.93. The van der Waals surface area contributed by atoms with Gasteiger partial charge in [0, 0.05) is 24.5 Å². The van der Waals surface area contributed by atoms with E-state index in [0.717, 1.165) is 12.1 Å². The Balaban J connectivity index is 2.53. The highest BCUT2D eigenvalue weighted by Crippen LogP contribution is 2.26. The minimum atomic E-state index is -0.0539. The third-order valence-corrected chi connectivity index (χ3v) is 2.47. The van der Waals surface area contributed by atoms with E-state index in [1.165, 1.54) is 0 Å². The quantitative estimate of drug-likeness (QED) is 0.579. The molecule has 4 heteroatoms. The molecule has 1 atom stereocenters. The van der Waals surface area contributed by atoms with Crippen LogP contribution in [0.3, 0.4) is 0 Å². The number of aromatic nitrogens is 2. The molecule has 0 saturated carbocycles. The molecule has 0 radical (unpaired) electrons. The van der Waals surface area contributed by atoms with Crippen molar-refractivity contribution in [2.75, 3.05) is 7.05 Å². The molecule has 16 heavy (non-hydrogen) atoms. The van der Waals surface area contributed by atoms with Gasteiger partial charge in [-0.2, -0.15) is 14.5 Å². The van der Waals surface area contributed by atoms with E-state index in [2.05, 4.69) is 9.97 Å². The smallest absolute Gasteiger partial charge is 0.233 e. The van der Waals surface area contributed by atoms with Gasteiger partial charge in [-0.05, 0) is 6.07 Å². The number of carbonyl (C=O) groups excluding carboxylic acids is 1. The third kappa shape index (κ3) is 1.70. The number of hydrogen-bond acceptors (Lipinski definition) is 3. The van der Waals surface area contributed by atoms with Crippen LogP contribution < -0.4 is 4.48 Å². The normalized spacial score (nSPS) is 14.1. The molecule has 0 aliphatic heterocycles. The van der Waals surface area contributed by atoms with Gasteiger partial charge in [0.05, 0.1) is 7.05 Å². The topological polar surface area (TPSA) is 42.9 Å². The second kappa shape index (κ2) is 4.20. The van der Waals surface area contributed by atoms with Crippen LogP contribution in [0.2, 0.25) is 0 Å². The molecule has 0 bridgehead atoms. The van der Waals surface area contributed by atoms with Crippen LogP contribution in [0, 0.1) is 0 Å². The maximum Gasteiger partial charge on any atom is 0.341 e. The highest BCUT2D eigenvalue weighted by Gasteiger charge is 2.30.